The lowest BCUT2D eigenvalue weighted by Gasteiger charge is -2.35. The molecule has 2 unspecified atom stereocenters. The first-order chi connectivity index (χ1) is 9.58. The van der Waals surface area contributed by atoms with E-state index in [-0.39, 0.29) is 5.91 Å². The normalized spacial score (nSPS) is 28.4. The Hall–Kier alpha value is -0.610. The van der Waals surface area contributed by atoms with Gasteiger partial charge in [-0.15, -0.1) is 0 Å². The van der Waals surface area contributed by atoms with Crippen molar-refractivity contribution < 1.29 is 4.79 Å². The van der Waals surface area contributed by atoms with Gasteiger partial charge in [-0.3, -0.25) is 4.79 Å². The summed E-state index contributed by atoms with van der Waals surface area (Å²) >= 11 is 0. The van der Waals surface area contributed by atoms with Crippen LogP contribution in [0.5, 0.6) is 0 Å². The molecule has 0 saturated carbocycles. The van der Waals surface area contributed by atoms with Crippen LogP contribution in [0, 0.1) is 11.8 Å². The number of hydrogen-bond donors (Lipinski definition) is 2. The minimum Gasteiger partial charge on any atom is -0.353 e. The second-order valence-corrected chi connectivity index (χ2v) is 7.06. The highest BCUT2D eigenvalue weighted by Gasteiger charge is 2.32. The van der Waals surface area contributed by atoms with Crippen molar-refractivity contribution in [3.05, 3.63) is 0 Å². The first-order valence-corrected chi connectivity index (χ1v) is 8.32. The van der Waals surface area contributed by atoms with Crippen LogP contribution in [0.3, 0.4) is 0 Å². The number of nitrogens with one attached hydrogen (secondary N) is 1. The Kier molecular flexibility index (Phi) is 5.85. The SMILES string of the molecule is CC(C)C[C@H](CN)CC(=O)NC1CCN2CCCC2C1. The van der Waals surface area contributed by atoms with Crippen LogP contribution in [0.15, 0.2) is 0 Å². The summed E-state index contributed by atoms with van der Waals surface area (Å²) in [5, 5.41) is 3.25. The van der Waals surface area contributed by atoms with E-state index in [2.05, 4.69) is 24.1 Å². The van der Waals surface area contributed by atoms with Crippen molar-refractivity contribution in [1.29, 1.82) is 0 Å². The number of hydrogen-bond acceptors (Lipinski definition) is 3. The van der Waals surface area contributed by atoms with Crippen molar-refractivity contribution in [3.63, 3.8) is 0 Å². The molecule has 2 rings (SSSR count). The van der Waals surface area contributed by atoms with E-state index in [0.29, 0.717) is 30.8 Å². The summed E-state index contributed by atoms with van der Waals surface area (Å²) in [6.45, 7) is 7.41. The predicted molar refractivity (Wildman–Crippen MR) is 82.4 cm³/mol. The van der Waals surface area contributed by atoms with Crippen molar-refractivity contribution in [2.24, 2.45) is 17.6 Å². The summed E-state index contributed by atoms with van der Waals surface area (Å²) in [7, 11) is 0. The van der Waals surface area contributed by atoms with Crippen molar-refractivity contribution in [1.82, 2.24) is 10.2 Å². The highest BCUT2D eigenvalue weighted by atomic mass is 16.1. The molecule has 0 bridgehead atoms. The molecule has 0 aliphatic carbocycles. The average molecular weight is 281 g/mol. The highest BCUT2D eigenvalue weighted by molar-refractivity contribution is 5.76. The monoisotopic (exact) mass is 281 g/mol. The Balaban J connectivity index is 1.73. The Bertz CT molecular complexity index is 319. The molecule has 3 atom stereocenters. The van der Waals surface area contributed by atoms with Crippen LogP contribution in [0.1, 0.15) is 52.4 Å². The number of rotatable bonds is 6. The molecule has 0 aromatic rings. The Morgan fingerprint density at radius 1 is 1.35 bits per heavy atom. The zero-order chi connectivity index (χ0) is 14.5. The molecule has 4 nitrogen and oxygen atoms in total. The molecular formula is C16H31N3O. The maximum Gasteiger partial charge on any atom is 0.220 e. The standard InChI is InChI=1S/C16H31N3O/c1-12(2)8-13(11-17)9-16(20)18-14-5-7-19-6-3-4-15(19)10-14/h12-15H,3-11,17H2,1-2H3,(H,18,20)/t13-,14?,15?/m0/s1. The van der Waals surface area contributed by atoms with Crippen LogP contribution < -0.4 is 11.1 Å². The molecule has 2 saturated heterocycles. The van der Waals surface area contributed by atoms with Crippen molar-refractivity contribution >= 4 is 5.91 Å². The predicted octanol–water partition coefficient (Wildman–Crippen LogP) is 1.74. The third-order valence-electron chi connectivity index (χ3n) is 4.80. The highest BCUT2D eigenvalue weighted by Crippen LogP contribution is 2.27. The summed E-state index contributed by atoms with van der Waals surface area (Å²) in [5.74, 6) is 1.15. The molecule has 20 heavy (non-hydrogen) atoms. The maximum absolute atomic E-state index is 12.2. The third kappa shape index (κ3) is 4.45. The van der Waals surface area contributed by atoms with Gasteiger partial charge in [0.1, 0.15) is 0 Å². The lowest BCUT2D eigenvalue weighted by molar-refractivity contribution is -0.123. The molecule has 2 heterocycles. The number of carbonyl (C=O) groups excluding carboxylic acids is 1. The van der Waals surface area contributed by atoms with Crippen molar-refractivity contribution in [2.45, 2.75) is 64.5 Å². The van der Waals surface area contributed by atoms with Gasteiger partial charge in [-0.1, -0.05) is 13.8 Å². The van der Waals surface area contributed by atoms with Gasteiger partial charge in [0.2, 0.25) is 5.91 Å². The van der Waals surface area contributed by atoms with Gasteiger partial charge in [0.15, 0.2) is 0 Å². The first kappa shape index (κ1) is 15.8. The zero-order valence-electron chi connectivity index (χ0n) is 13.1. The quantitative estimate of drug-likeness (QED) is 0.779. The molecule has 2 fully saturated rings. The molecular weight excluding hydrogens is 250 g/mol. The fraction of sp³-hybridized carbons (Fsp3) is 0.938. The average Bonchev–Trinajstić information content (AvgIpc) is 2.84. The molecule has 1 amide bonds. The van der Waals surface area contributed by atoms with Crippen LogP contribution in [0.4, 0.5) is 0 Å². The Morgan fingerprint density at radius 3 is 2.85 bits per heavy atom. The number of carbonyl (C=O) groups is 1. The second kappa shape index (κ2) is 7.41. The molecule has 0 aromatic carbocycles. The van der Waals surface area contributed by atoms with Gasteiger partial charge in [-0.05, 0) is 57.0 Å². The lowest BCUT2D eigenvalue weighted by Crippen LogP contribution is -2.47. The van der Waals surface area contributed by atoms with E-state index in [1.54, 1.807) is 0 Å². The van der Waals surface area contributed by atoms with E-state index in [4.69, 9.17) is 5.73 Å². The van der Waals surface area contributed by atoms with E-state index in [0.717, 1.165) is 31.8 Å². The lowest BCUT2D eigenvalue weighted by atomic mass is 9.93. The summed E-state index contributed by atoms with van der Waals surface area (Å²) in [4.78, 5) is 14.8. The van der Waals surface area contributed by atoms with Crippen LogP contribution in [-0.2, 0) is 4.79 Å². The smallest absolute Gasteiger partial charge is 0.220 e. The summed E-state index contributed by atoms with van der Waals surface area (Å²) < 4.78 is 0. The van der Waals surface area contributed by atoms with Gasteiger partial charge in [0, 0.05) is 25.0 Å². The van der Waals surface area contributed by atoms with E-state index in [9.17, 15) is 4.79 Å². The van der Waals surface area contributed by atoms with Crippen LogP contribution in [0.25, 0.3) is 0 Å². The van der Waals surface area contributed by atoms with Crippen molar-refractivity contribution in [3.8, 4) is 0 Å². The van der Waals surface area contributed by atoms with Gasteiger partial charge >= 0.3 is 0 Å². The van der Waals surface area contributed by atoms with Gasteiger partial charge < -0.3 is 16.0 Å². The van der Waals surface area contributed by atoms with Crippen molar-refractivity contribution in [2.75, 3.05) is 19.6 Å². The van der Waals surface area contributed by atoms with Gasteiger partial charge in [-0.2, -0.15) is 0 Å². The Labute approximate surface area is 123 Å². The van der Waals surface area contributed by atoms with Crippen LogP contribution >= 0.6 is 0 Å². The fourth-order valence-electron chi connectivity index (χ4n) is 3.83. The first-order valence-electron chi connectivity index (χ1n) is 8.32. The molecule has 2 aliphatic rings. The Morgan fingerprint density at radius 2 is 2.15 bits per heavy atom. The molecule has 0 aromatic heterocycles. The van der Waals surface area contributed by atoms with E-state index in [1.165, 1.54) is 19.4 Å². The molecule has 116 valence electrons. The second-order valence-electron chi connectivity index (χ2n) is 7.06. The minimum absolute atomic E-state index is 0.206. The summed E-state index contributed by atoms with van der Waals surface area (Å²) in [6.07, 6.45) is 6.54. The minimum atomic E-state index is 0.206. The third-order valence-corrected chi connectivity index (χ3v) is 4.80. The number of nitrogens with two attached hydrogens (primary N) is 1. The summed E-state index contributed by atoms with van der Waals surface area (Å²) in [6, 6.07) is 1.11. The zero-order valence-corrected chi connectivity index (χ0v) is 13.1. The number of fused-ring (bicyclic) bond motifs is 1. The molecule has 0 radical (unpaired) electrons. The number of amides is 1. The molecule has 0 spiro atoms. The number of nitrogens with zero attached hydrogens (tertiary/aromatic N) is 1. The van der Waals surface area contributed by atoms with Crippen LogP contribution in [-0.4, -0.2) is 42.5 Å². The number of piperidine rings is 1. The van der Waals surface area contributed by atoms with E-state index < -0.39 is 0 Å². The molecule has 2 aliphatic heterocycles. The molecule has 4 heteroatoms. The largest absolute Gasteiger partial charge is 0.353 e. The van der Waals surface area contributed by atoms with Gasteiger partial charge in [0.05, 0.1) is 0 Å². The van der Waals surface area contributed by atoms with E-state index >= 15 is 0 Å². The topological polar surface area (TPSA) is 58.4 Å². The van der Waals surface area contributed by atoms with Crippen LogP contribution in [0.2, 0.25) is 0 Å². The fourth-order valence-corrected chi connectivity index (χ4v) is 3.83. The molecule has 3 N–H and O–H groups in total. The van der Waals surface area contributed by atoms with Gasteiger partial charge in [0.25, 0.3) is 0 Å². The van der Waals surface area contributed by atoms with E-state index in [1.807, 2.05) is 0 Å². The maximum atomic E-state index is 12.2. The van der Waals surface area contributed by atoms with Gasteiger partial charge in [-0.25, -0.2) is 0 Å². The summed E-state index contributed by atoms with van der Waals surface area (Å²) in [5.41, 5.74) is 5.79.